The second-order valence-corrected chi connectivity index (χ2v) is 7.47. The highest BCUT2D eigenvalue weighted by Crippen LogP contribution is 2.24. The minimum absolute atomic E-state index is 0.248. The minimum Gasteiger partial charge on any atom is -0.465 e. The van der Waals surface area contributed by atoms with Gasteiger partial charge in [0.25, 0.3) is 5.91 Å². The first-order chi connectivity index (χ1) is 16.0. The van der Waals surface area contributed by atoms with Gasteiger partial charge in [-0.15, -0.1) is 0 Å². The third-order valence-corrected chi connectivity index (χ3v) is 5.16. The van der Waals surface area contributed by atoms with E-state index in [2.05, 4.69) is 15.4 Å². The quantitative estimate of drug-likeness (QED) is 0.433. The zero-order valence-electron chi connectivity index (χ0n) is 18.0. The fourth-order valence-corrected chi connectivity index (χ4v) is 3.42. The number of carbonyl (C=O) groups is 2. The number of rotatable bonds is 7. The van der Waals surface area contributed by atoms with Crippen molar-refractivity contribution >= 4 is 23.4 Å². The Hall–Kier alpha value is -4.46. The number of amides is 2. The summed E-state index contributed by atoms with van der Waals surface area (Å²) in [4.78, 5) is 30.3. The fraction of sp³-hybridized carbons (Fsp3) is 0.120. The maximum Gasteiger partial charge on any atom is 0.411 e. The molecule has 0 saturated heterocycles. The maximum atomic E-state index is 13.0. The first kappa shape index (κ1) is 21.8. The van der Waals surface area contributed by atoms with Gasteiger partial charge in [0, 0.05) is 42.1 Å². The van der Waals surface area contributed by atoms with Crippen LogP contribution in [-0.4, -0.2) is 38.4 Å². The van der Waals surface area contributed by atoms with Gasteiger partial charge in [0.15, 0.2) is 0 Å². The van der Waals surface area contributed by atoms with E-state index in [9.17, 15) is 14.7 Å². The molecule has 0 radical (unpaired) electrons. The number of benzene rings is 2. The van der Waals surface area contributed by atoms with Gasteiger partial charge in [-0.3, -0.25) is 19.4 Å². The molecule has 33 heavy (non-hydrogen) atoms. The highest BCUT2D eigenvalue weighted by Gasteiger charge is 2.16. The summed E-state index contributed by atoms with van der Waals surface area (Å²) in [6, 6.07) is 19.8. The number of nitrogens with one attached hydrogen (secondary N) is 1. The summed E-state index contributed by atoms with van der Waals surface area (Å²) < 4.78 is 1.67. The van der Waals surface area contributed by atoms with Crippen LogP contribution in [0.2, 0.25) is 0 Å². The lowest BCUT2D eigenvalue weighted by molar-refractivity contribution is 0.102. The van der Waals surface area contributed by atoms with Gasteiger partial charge >= 0.3 is 6.09 Å². The lowest BCUT2D eigenvalue weighted by Gasteiger charge is -2.19. The van der Waals surface area contributed by atoms with Crippen molar-refractivity contribution in [1.82, 2.24) is 14.8 Å². The maximum absolute atomic E-state index is 13.0. The Bertz CT molecular complexity index is 1240. The molecule has 0 bridgehead atoms. The largest absolute Gasteiger partial charge is 0.465 e. The van der Waals surface area contributed by atoms with Crippen LogP contribution in [0.25, 0.3) is 11.3 Å². The first-order valence-electron chi connectivity index (χ1n) is 10.4. The van der Waals surface area contributed by atoms with E-state index >= 15 is 0 Å². The standard InChI is InChI=1S/C25H23N5O3/c1-18-5-7-19(8-6-18)23-22(4-2-13-26-23)24(31)28-20-9-11-21(12-10-20)30(25(32)33)17-16-29-15-3-14-27-29/h2-15H,16-17H2,1H3,(H,28,31)(H,32,33). The summed E-state index contributed by atoms with van der Waals surface area (Å²) in [5.74, 6) is -0.291. The Morgan fingerprint density at radius 1 is 1.00 bits per heavy atom. The molecule has 0 spiro atoms. The van der Waals surface area contributed by atoms with E-state index in [1.165, 1.54) is 4.90 Å². The van der Waals surface area contributed by atoms with Crippen LogP contribution in [0.3, 0.4) is 0 Å². The van der Waals surface area contributed by atoms with Crippen molar-refractivity contribution in [3.63, 3.8) is 0 Å². The van der Waals surface area contributed by atoms with E-state index in [0.717, 1.165) is 11.1 Å². The van der Waals surface area contributed by atoms with Crippen molar-refractivity contribution in [3.8, 4) is 11.3 Å². The SMILES string of the molecule is Cc1ccc(-c2ncccc2C(=O)Nc2ccc(N(CCn3cccn3)C(=O)O)cc2)cc1. The Kier molecular flexibility index (Phi) is 6.45. The second kappa shape index (κ2) is 9.78. The number of carbonyl (C=O) groups excluding carboxylic acids is 1. The molecule has 0 unspecified atom stereocenters. The number of anilines is 2. The number of nitrogens with zero attached hydrogens (tertiary/aromatic N) is 4. The van der Waals surface area contributed by atoms with Crippen LogP contribution < -0.4 is 10.2 Å². The van der Waals surface area contributed by atoms with Crippen LogP contribution in [0.1, 0.15) is 15.9 Å². The monoisotopic (exact) mass is 441 g/mol. The van der Waals surface area contributed by atoms with Gasteiger partial charge in [-0.1, -0.05) is 29.8 Å². The molecule has 166 valence electrons. The molecule has 0 fully saturated rings. The molecule has 8 nitrogen and oxygen atoms in total. The van der Waals surface area contributed by atoms with Crippen LogP contribution in [0.5, 0.6) is 0 Å². The molecular weight excluding hydrogens is 418 g/mol. The van der Waals surface area contributed by atoms with E-state index in [1.807, 2.05) is 31.2 Å². The summed E-state index contributed by atoms with van der Waals surface area (Å²) >= 11 is 0. The predicted molar refractivity (Wildman–Crippen MR) is 126 cm³/mol. The molecule has 8 heteroatoms. The summed E-state index contributed by atoms with van der Waals surface area (Å²) in [7, 11) is 0. The molecule has 4 rings (SSSR count). The van der Waals surface area contributed by atoms with E-state index < -0.39 is 6.09 Å². The van der Waals surface area contributed by atoms with Gasteiger partial charge in [0.1, 0.15) is 0 Å². The van der Waals surface area contributed by atoms with Gasteiger partial charge in [-0.05, 0) is 49.4 Å². The average molecular weight is 441 g/mol. The highest BCUT2D eigenvalue weighted by atomic mass is 16.4. The first-order valence-corrected chi connectivity index (χ1v) is 10.4. The molecule has 0 aliphatic rings. The average Bonchev–Trinajstić information content (AvgIpc) is 3.34. The normalized spacial score (nSPS) is 10.6. The molecule has 0 saturated carbocycles. The molecule has 2 heterocycles. The lowest BCUT2D eigenvalue weighted by atomic mass is 10.0. The lowest BCUT2D eigenvalue weighted by Crippen LogP contribution is -2.32. The number of aromatic nitrogens is 3. The van der Waals surface area contributed by atoms with Crippen molar-refractivity contribution in [2.45, 2.75) is 13.5 Å². The second-order valence-electron chi connectivity index (χ2n) is 7.47. The van der Waals surface area contributed by atoms with Crippen molar-refractivity contribution in [1.29, 1.82) is 0 Å². The van der Waals surface area contributed by atoms with Gasteiger partial charge in [0.2, 0.25) is 0 Å². The van der Waals surface area contributed by atoms with Crippen LogP contribution in [0.4, 0.5) is 16.2 Å². The Balaban J connectivity index is 1.48. The number of carboxylic acid groups (broad SMARTS) is 1. The van der Waals surface area contributed by atoms with Crippen molar-refractivity contribution in [2.75, 3.05) is 16.8 Å². The topological polar surface area (TPSA) is 100 Å². The van der Waals surface area contributed by atoms with E-state index in [0.29, 0.717) is 29.2 Å². The van der Waals surface area contributed by atoms with E-state index in [1.54, 1.807) is 65.7 Å². The van der Waals surface area contributed by atoms with Crippen molar-refractivity contribution in [3.05, 3.63) is 96.4 Å². The smallest absolute Gasteiger partial charge is 0.411 e. The Labute approximate surface area is 191 Å². The Morgan fingerprint density at radius 3 is 2.42 bits per heavy atom. The number of hydrogen-bond acceptors (Lipinski definition) is 4. The van der Waals surface area contributed by atoms with Gasteiger partial charge < -0.3 is 10.4 Å². The van der Waals surface area contributed by atoms with Crippen LogP contribution in [-0.2, 0) is 6.54 Å². The van der Waals surface area contributed by atoms with E-state index in [-0.39, 0.29) is 12.5 Å². The summed E-state index contributed by atoms with van der Waals surface area (Å²) in [5, 5.41) is 16.6. The van der Waals surface area contributed by atoms with Gasteiger partial charge in [-0.25, -0.2) is 4.79 Å². The third-order valence-electron chi connectivity index (χ3n) is 5.16. The molecule has 2 aromatic heterocycles. The zero-order valence-corrected chi connectivity index (χ0v) is 18.0. The summed E-state index contributed by atoms with van der Waals surface area (Å²) in [6.45, 7) is 2.68. The molecule has 0 aliphatic carbocycles. The minimum atomic E-state index is -1.06. The molecule has 2 aromatic carbocycles. The highest BCUT2D eigenvalue weighted by molar-refractivity contribution is 6.08. The van der Waals surface area contributed by atoms with Gasteiger partial charge in [-0.2, -0.15) is 5.10 Å². The van der Waals surface area contributed by atoms with Crippen LogP contribution in [0.15, 0.2) is 85.3 Å². The number of hydrogen-bond donors (Lipinski definition) is 2. The molecule has 0 atom stereocenters. The van der Waals surface area contributed by atoms with Crippen molar-refractivity contribution in [2.24, 2.45) is 0 Å². The zero-order chi connectivity index (χ0) is 23.2. The van der Waals surface area contributed by atoms with Crippen LogP contribution in [0, 0.1) is 6.92 Å². The number of pyridine rings is 1. The molecule has 2 N–H and O–H groups in total. The third kappa shape index (κ3) is 5.24. The van der Waals surface area contributed by atoms with Gasteiger partial charge in [0.05, 0.1) is 17.8 Å². The molecule has 0 aliphatic heterocycles. The van der Waals surface area contributed by atoms with Crippen LogP contribution >= 0.6 is 0 Å². The summed E-state index contributed by atoms with van der Waals surface area (Å²) in [5.41, 5.74) is 4.10. The molecule has 2 amide bonds. The fourth-order valence-electron chi connectivity index (χ4n) is 3.42. The van der Waals surface area contributed by atoms with Crippen molar-refractivity contribution < 1.29 is 14.7 Å². The Morgan fingerprint density at radius 2 is 1.76 bits per heavy atom. The molecular formula is C25H23N5O3. The number of aryl methyl sites for hydroxylation is 1. The summed E-state index contributed by atoms with van der Waals surface area (Å²) in [6.07, 6.45) is 4.03. The molecule has 4 aromatic rings. The predicted octanol–water partition coefficient (Wildman–Crippen LogP) is 4.69. The van der Waals surface area contributed by atoms with E-state index in [4.69, 9.17) is 0 Å².